The molecule has 2 amide bonds. The molecule has 2 aromatic rings. The maximum absolute atomic E-state index is 13.3. The monoisotopic (exact) mass is 383 g/mol. The van der Waals surface area contributed by atoms with Crippen LogP contribution in [0.25, 0.3) is 0 Å². The number of carbonyl (C=O) groups excluding carboxylic acids is 2. The van der Waals surface area contributed by atoms with Crippen molar-refractivity contribution in [1.82, 2.24) is 4.90 Å². The third-order valence-electron chi connectivity index (χ3n) is 5.27. The quantitative estimate of drug-likeness (QED) is 0.832. The molecule has 2 aliphatic heterocycles. The van der Waals surface area contributed by atoms with Gasteiger partial charge in [-0.25, -0.2) is 0 Å². The van der Waals surface area contributed by atoms with Crippen LogP contribution in [0.2, 0.25) is 0 Å². The molecule has 1 aromatic heterocycles. The molecule has 27 heavy (non-hydrogen) atoms. The minimum absolute atomic E-state index is 0.0296. The van der Waals surface area contributed by atoms with Gasteiger partial charge in [0.1, 0.15) is 0 Å². The molecule has 0 aliphatic carbocycles. The summed E-state index contributed by atoms with van der Waals surface area (Å²) in [7, 11) is 0. The van der Waals surface area contributed by atoms with E-state index in [2.05, 4.69) is 17.1 Å². The Morgan fingerprint density at radius 2 is 1.96 bits per heavy atom. The molecular formula is C21H25N3O2S. The van der Waals surface area contributed by atoms with E-state index in [9.17, 15) is 9.59 Å². The van der Waals surface area contributed by atoms with E-state index in [0.29, 0.717) is 17.8 Å². The number of rotatable bonds is 5. The third kappa shape index (κ3) is 3.51. The summed E-state index contributed by atoms with van der Waals surface area (Å²) in [4.78, 5) is 31.3. The van der Waals surface area contributed by atoms with Crippen LogP contribution >= 0.6 is 11.3 Å². The van der Waals surface area contributed by atoms with Crippen LogP contribution < -0.4 is 10.2 Å². The number of para-hydroxylation sites is 2. The second-order valence-electron chi connectivity index (χ2n) is 7.21. The first kappa shape index (κ1) is 18.2. The summed E-state index contributed by atoms with van der Waals surface area (Å²) in [6.45, 7) is 4.48. The van der Waals surface area contributed by atoms with Crippen LogP contribution in [0.3, 0.4) is 0 Å². The zero-order valence-corrected chi connectivity index (χ0v) is 16.5. The topological polar surface area (TPSA) is 52.7 Å². The second kappa shape index (κ2) is 7.82. The van der Waals surface area contributed by atoms with E-state index in [1.165, 1.54) is 0 Å². The standard InChI is InChI=1S/C21H25N3O2S/c1-2-3-10-18-20-17(14-27-18)24(19(25)13-23-11-6-7-12-23)16-9-5-4-8-15(16)22-21(20)26/h4-5,8-9,14H,2-3,6-7,10-13H2,1H3,(H,22,26). The number of carbonyl (C=O) groups is 2. The molecule has 2 aliphatic rings. The Morgan fingerprint density at radius 3 is 2.74 bits per heavy atom. The minimum atomic E-state index is -0.110. The number of unbranched alkanes of at least 4 members (excludes halogenated alkanes) is 1. The van der Waals surface area contributed by atoms with Gasteiger partial charge in [0.15, 0.2) is 0 Å². The van der Waals surface area contributed by atoms with Crippen LogP contribution in [0.5, 0.6) is 0 Å². The second-order valence-corrected chi connectivity index (χ2v) is 8.17. The Bertz CT molecular complexity index is 855. The van der Waals surface area contributed by atoms with Gasteiger partial charge in [0, 0.05) is 10.3 Å². The predicted molar refractivity (Wildman–Crippen MR) is 110 cm³/mol. The summed E-state index contributed by atoms with van der Waals surface area (Å²) in [5.41, 5.74) is 2.85. The number of aryl methyl sites for hydroxylation is 1. The maximum atomic E-state index is 13.3. The number of benzene rings is 1. The van der Waals surface area contributed by atoms with Crippen LogP contribution in [0.1, 0.15) is 47.8 Å². The molecule has 1 N–H and O–H groups in total. The van der Waals surface area contributed by atoms with E-state index in [4.69, 9.17) is 0 Å². The molecule has 0 unspecified atom stereocenters. The van der Waals surface area contributed by atoms with Gasteiger partial charge < -0.3 is 5.32 Å². The average Bonchev–Trinajstić information content (AvgIpc) is 3.29. The molecule has 3 heterocycles. The van der Waals surface area contributed by atoms with Gasteiger partial charge >= 0.3 is 0 Å². The number of fused-ring (bicyclic) bond motifs is 2. The molecular weight excluding hydrogens is 358 g/mol. The maximum Gasteiger partial charge on any atom is 0.258 e. The highest BCUT2D eigenvalue weighted by Gasteiger charge is 2.33. The molecule has 4 rings (SSSR count). The van der Waals surface area contributed by atoms with Crippen LogP contribution in [-0.4, -0.2) is 36.3 Å². The lowest BCUT2D eigenvalue weighted by Crippen LogP contribution is -2.36. The van der Waals surface area contributed by atoms with Gasteiger partial charge in [-0.3, -0.25) is 19.4 Å². The molecule has 1 fully saturated rings. The SMILES string of the molecule is CCCCc1scc2c1C(=O)Nc1ccccc1N2C(=O)CN1CCCC1. The van der Waals surface area contributed by atoms with Crippen molar-refractivity contribution in [2.24, 2.45) is 0 Å². The van der Waals surface area contributed by atoms with Crippen molar-refractivity contribution < 1.29 is 9.59 Å². The zero-order chi connectivity index (χ0) is 18.8. The van der Waals surface area contributed by atoms with Crippen molar-refractivity contribution >= 4 is 40.2 Å². The van der Waals surface area contributed by atoms with Gasteiger partial charge in [-0.15, -0.1) is 11.3 Å². The van der Waals surface area contributed by atoms with Crippen LogP contribution in [-0.2, 0) is 11.2 Å². The van der Waals surface area contributed by atoms with Gasteiger partial charge in [0.2, 0.25) is 5.91 Å². The van der Waals surface area contributed by atoms with Crippen molar-refractivity contribution in [3.05, 3.63) is 40.1 Å². The fourth-order valence-corrected chi connectivity index (χ4v) is 4.93. The molecule has 5 nitrogen and oxygen atoms in total. The molecule has 1 saturated heterocycles. The Balaban J connectivity index is 1.76. The van der Waals surface area contributed by atoms with Crippen LogP contribution in [0.4, 0.5) is 17.1 Å². The largest absolute Gasteiger partial charge is 0.320 e. The Hall–Kier alpha value is -2.18. The van der Waals surface area contributed by atoms with E-state index in [1.807, 2.05) is 29.6 Å². The normalized spacial score (nSPS) is 16.6. The lowest BCUT2D eigenvalue weighted by Gasteiger charge is -2.25. The lowest BCUT2D eigenvalue weighted by molar-refractivity contribution is -0.118. The molecule has 0 bridgehead atoms. The number of amides is 2. The smallest absolute Gasteiger partial charge is 0.258 e. The van der Waals surface area contributed by atoms with E-state index >= 15 is 0 Å². The first-order valence-electron chi connectivity index (χ1n) is 9.75. The van der Waals surface area contributed by atoms with Gasteiger partial charge in [0.05, 0.1) is 29.2 Å². The van der Waals surface area contributed by atoms with Crippen molar-refractivity contribution in [2.75, 3.05) is 29.9 Å². The third-order valence-corrected chi connectivity index (χ3v) is 6.31. The van der Waals surface area contributed by atoms with Gasteiger partial charge in [0.25, 0.3) is 5.91 Å². The van der Waals surface area contributed by atoms with E-state index in [0.717, 1.165) is 61.4 Å². The van der Waals surface area contributed by atoms with Crippen molar-refractivity contribution in [3.8, 4) is 0 Å². The fraction of sp³-hybridized carbons (Fsp3) is 0.429. The summed E-state index contributed by atoms with van der Waals surface area (Å²) >= 11 is 1.59. The average molecular weight is 384 g/mol. The minimum Gasteiger partial charge on any atom is -0.320 e. The first-order chi connectivity index (χ1) is 13.2. The molecule has 0 radical (unpaired) electrons. The Labute approximate surface area is 164 Å². The molecule has 0 atom stereocenters. The van der Waals surface area contributed by atoms with Crippen molar-refractivity contribution in [2.45, 2.75) is 39.0 Å². The summed E-state index contributed by atoms with van der Waals surface area (Å²) in [6, 6.07) is 7.58. The lowest BCUT2D eigenvalue weighted by atomic mass is 10.1. The molecule has 6 heteroatoms. The highest BCUT2D eigenvalue weighted by atomic mass is 32.1. The number of likely N-dealkylation sites (tertiary alicyclic amines) is 1. The van der Waals surface area contributed by atoms with Gasteiger partial charge in [-0.05, 0) is 50.9 Å². The summed E-state index contributed by atoms with van der Waals surface area (Å²) in [5.74, 6) is -0.0804. The van der Waals surface area contributed by atoms with Gasteiger partial charge in [-0.1, -0.05) is 25.5 Å². The van der Waals surface area contributed by atoms with E-state index in [1.54, 1.807) is 16.2 Å². The van der Waals surface area contributed by atoms with Crippen LogP contribution in [0, 0.1) is 0 Å². The predicted octanol–water partition coefficient (Wildman–Crippen LogP) is 4.42. The first-order valence-corrected chi connectivity index (χ1v) is 10.6. The zero-order valence-electron chi connectivity index (χ0n) is 15.7. The summed E-state index contributed by atoms with van der Waals surface area (Å²) in [5, 5.41) is 5.00. The van der Waals surface area contributed by atoms with Crippen molar-refractivity contribution in [3.63, 3.8) is 0 Å². The number of nitrogens with one attached hydrogen (secondary N) is 1. The number of hydrogen-bond acceptors (Lipinski definition) is 4. The molecule has 142 valence electrons. The molecule has 0 spiro atoms. The Kier molecular flexibility index (Phi) is 5.27. The van der Waals surface area contributed by atoms with Crippen LogP contribution in [0.15, 0.2) is 29.6 Å². The summed E-state index contributed by atoms with van der Waals surface area (Å²) in [6.07, 6.45) is 5.28. The number of hydrogen-bond donors (Lipinski definition) is 1. The highest BCUT2D eigenvalue weighted by Crippen LogP contribution is 2.42. The van der Waals surface area contributed by atoms with E-state index < -0.39 is 0 Å². The van der Waals surface area contributed by atoms with Gasteiger partial charge in [-0.2, -0.15) is 0 Å². The van der Waals surface area contributed by atoms with E-state index in [-0.39, 0.29) is 11.8 Å². The molecule has 1 aromatic carbocycles. The Morgan fingerprint density at radius 1 is 1.19 bits per heavy atom. The highest BCUT2D eigenvalue weighted by molar-refractivity contribution is 7.11. The number of thiophene rings is 1. The fourth-order valence-electron chi connectivity index (χ4n) is 3.88. The number of nitrogens with zero attached hydrogens (tertiary/aromatic N) is 2. The van der Waals surface area contributed by atoms with Crippen molar-refractivity contribution in [1.29, 1.82) is 0 Å². The molecule has 0 saturated carbocycles. The summed E-state index contributed by atoms with van der Waals surface area (Å²) < 4.78 is 0. The number of anilines is 3.